The molecule has 2 unspecified atom stereocenters. The fourth-order valence-corrected chi connectivity index (χ4v) is 4.15. The number of rotatable bonds is 4. The quantitative estimate of drug-likeness (QED) is 0.772. The van der Waals surface area contributed by atoms with Crippen LogP contribution in [0.3, 0.4) is 0 Å². The lowest BCUT2D eigenvalue weighted by molar-refractivity contribution is 0.439. The Kier molecular flexibility index (Phi) is 5.51. The summed E-state index contributed by atoms with van der Waals surface area (Å²) in [6, 6.07) is 4.50. The molecule has 0 amide bonds. The van der Waals surface area contributed by atoms with Crippen molar-refractivity contribution in [3.05, 3.63) is 58.4 Å². The molecule has 1 aliphatic heterocycles. The smallest absolute Gasteiger partial charge is 0.133 e. The van der Waals surface area contributed by atoms with Crippen LogP contribution in [0.2, 0.25) is 0 Å². The molecule has 4 rings (SSSR count). The molecule has 3 nitrogen and oxygen atoms in total. The van der Waals surface area contributed by atoms with E-state index >= 15 is 0 Å². The van der Waals surface area contributed by atoms with Crippen molar-refractivity contribution in [3.63, 3.8) is 0 Å². The Hall–Kier alpha value is -1.84. The molecule has 0 bridgehead atoms. The molecular formula is C23H28ClN3. The van der Waals surface area contributed by atoms with E-state index < -0.39 is 0 Å². The van der Waals surface area contributed by atoms with Gasteiger partial charge in [-0.3, -0.25) is 0 Å². The standard InChI is InChI=1S/C23H28ClN3/c1-16-12-21-22(13-17(16)2)27(15-19-5-8-20(24)9-6-19)23(26-21)10-7-18-4-3-11-25-14-18/h5,7-10,12-13,18-19,25H,3-4,6,11,14-15H2,1-2H3. The monoisotopic (exact) mass is 381 g/mol. The maximum absolute atomic E-state index is 6.10. The summed E-state index contributed by atoms with van der Waals surface area (Å²) in [5, 5.41) is 4.34. The maximum Gasteiger partial charge on any atom is 0.133 e. The van der Waals surface area contributed by atoms with Crippen LogP contribution in [-0.2, 0) is 6.54 Å². The minimum Gasteiger partial charge on any atom is -0.324 e. The number of hydrogen-bond acceptors (Lipinski definition) is 2. The van der Waals surface area contributed by atoms with Crippen LogP contribution in [0.15, 0.2) is 41.5 Å². The molecular weight excluding hydrogens is 354 g/mol. The summed E-state index contributed by atoms with van der Waals surface area (Å²) in [7, 11) is 0. The number of imidazole rings is 1. The van der Waals surface area contributed by atoms with E-state index in [-0.39, 0.29) is 0 Å². The van der Waals surface area contributed by atoms with Gasteiger partial charge in [0, 0.05) is 18.1 Å². The number of aromatic nitrogens is 2. The molecule has 0 radical (unpaired) electrons. The van der Waals surface area contributed by atoms with Crippen LogP contribution < -0.4 is 5.32 Å². The Bertz CT molecular complexity index is 913. The first kappa shape index (κ1) is 18.5. The lowest BCUT2D eigenvalue weighted by Crippen LogP contribution is -2.28. The minimum absolute atomic E-state index is 0.454. The summed E-state index contributed by atoms with van der Waals surface area (Å²) < 4.78 is 2.39. The summed E-state index contributed by atoms with van der Waals surface area (Å²) in [5.74, 6) is 2.12. The average molecular weight is 382 g/mol. The Morgan fingerprint density at radius 3 is 2.89 bits per heavy atom. The van der Waals surface area contributed by atoms with E-state index in [1.54, 1.807) is 0 Å². The topological polar surface area (TPSA) is 29.9 Å². The Morgan fingerprint density at radius 1 is 1.30 bits per heavy atom. The van der Waals surface area contributed by atoms with Crippen LogP contribution in [0, 0.1) is 25.7 Å². The molecule has 1 fully saturated rings. The van der Waals surface area contributed by atoms with Crippen molar-refractivity contribution in [1.82, 2.24) is 14.9 Å². The molecule has 142 valence electrons. The highest BCUT2D eigenvalue weighted by atomic mass is 35.5. The molecule has 1 aromatic carbocycles. The van der Waals surface area contributed by atoms with E-state index in [0.717, 1.165) is 42.4 Å². The van der Waals surface area contributed by atoms with Crippen LogP contribution >= 0.6 is 11.6 Å². The highest BCUT2D eigenvalue weighted by molar-refractivity contribution is 6.31. The highest BCUT2D eigenvalue weighted by Crippen LogP contribution is 2.26. The van der Waals surface area contributed by atoms with Crippen LogP contribution in [-0.4, -0.2) is 22.6 Å². The van der Waals surface area contributed by atoms with Crippen molar-refractivity contribution in [2.75, 3.05) is 13.1 Å². The molecule has 4 heteroatoms. The number of nitrogens with one attached hydrogen (secondary N) is 1. The van der Waals surface area contributed by atoms with E-state index in [2.05, 4.69) is 60.2 Å². The van der Waals surface area contributed by atoms with E-state index in [4.69, 9.17) is 16.6 Å². The van der Waals surface area contributed by atoms with Gasteiger partial charge in [-0.05, 0) is 86.9 Å². The lowest BCUT2D eigenvalue weighted by Gasteiger charge is -2.20. The van der Waals surface area contributed by atoms with Crippen molar-refractivity contribution in [2.24, 2.45) is 11.8 Å². The molecule has 2 aromatic rings. The highest BCUT2D eigenvalue weighted by Gasteiger charge is 2.16. The van der Waals surface area contributed by atoms with E-state index in [1.165, 1.54) is 29.5 Å². The predicted octanol–water partition coefficient (Wildman–Crippen LogP) is 5.36. The molecule has 0 spiro atoms. The van der Waals surface area contributed by atoms with Gasteiger partial charge in [0.05, 0.1) is 11.0 Å². The second kappa shape index (κ2) is 8.04. The summed E-state index contributed by atoms with van der Waals surface area (Å²) >= 11 is 6.10. The van der Waals surface area contributed by atoms with Crippen molar-refractivity contribution in [2.45, 2.75) is 39.7 Å². The third-order valence-corrected chi connectivity index (χ3v) is 6.09. The normalized spacial score (nSPS) is 23.3. The van der Waals surface area contributed by atoms with Gasteiger partial charge in [0.1, 0.15) is 5.82 Å². The van der Waals surface area contributed by atoms with Crippen molar-refractivity contribution in [3.8, 4) is 0 Å². The van der Waals surface area contributed by atoms with E-state index in [1.807, 2.05) is 6.08 Å². The second-order valence-corrected chi connectivity index (χ2v) is 8.35. The fraction of sp³-hybridized carbons (Fsp3) is 0.435. The molecule has 1 saturated heterocycles. The van der Waals surface area contributed by atoms with Gasteiger partial charge in [0.25, 0.3) is 0 Å². The van der Waals surface area contributed by atoms with Crippen LogP contribution in [0.4, 0.5) is 0 Å². The van der Waals surface area contributed by atoms with E-state index in [0.29, 0.717) is 11.8 Å². The first-order valence-electron chi connectivity index (χ1n) is 10.0. The number of halogens is 1. The Labute approximate surface area is 166 Å². The van der Waals surface area contributed by atoms with Gasteiger partial charge in [0.2, 0.25) is 0 Å². The number of fused-ring (bicyclic) bond motifs is 1. The zero-order valence-electron chi connectivity index (χ0n) is 16.2. The Morgan fingerprint density at radius 2 is 2.15 bits per heavy atom. The zero-order chi connectivity index (χ0) is 18.8. The van der Waals surface area contributed by atoms with Gasteiger partial charge < -0.3 is 9.88 Å². The van der Waals surface area contributed by atoms with Crippen molar-refractivity contribution >= 4 is 28.7 Å². The zero-order valence-corrected chi connectivity index (χ0v) is 17.0. The lowest BCUT2D eigenvalue weighted by atomic mass is 9.99. The molecule has 1 aliphatic carbocycles. The number of piperidine rings is 1. The second-order valence-electron chi connectivity index (χ2n) is 7.92. The first-order chi connectivity index (χ1) is 13.1. The maximum atomic E-state index is 6.10. The molecule has 1 aromatic heterocycles. The van der Waals surface area contributed by atoms with Crippen LogP contribution in [0.25, 0.3) is 17.1 Å². The number of aryl methyl sites for hydroxylation is 2. The summed E-state index contributed by atoms with van der Waals surface area (Å²) in [6.45, 7) is 7.49. The largest absolute Gasteiger partial charge is 0.324 e. The third kappa shape index (κ3) is 4.20. The van der Waals surface area contributed by atoms with Crippen LogP contribution in [0.1, 0.15) is 36.2 Å². The number of benzene rings is 1. The predicted molar refractivity (Wildman–Crippen MR) is 115 cm³/mol. The first-order valence-corrected chi connectivity index (χ1v) is 10.4. The SMILES string of the molecule is Cc1cc2nc(C=CC3CCCNC3)n(CC3C=CC(Cl)=CC3)c2cc1C. The van der Waals surface area contributed by atoms with Gasteiger partial charge >= 0.3 is 0 Å². The van der Waals surface area contributed by atoms with Crippen LogP contribution in [0.5, 0.6) is 0 Å². The molecule has 27 heavy (non-hydrogen) atoms. The number of allylic oxidation sites excluding steroid dienone is 4. The average Bonchev–Trinajstić information content (AvgIpc) is 2.99. The molecule has 2 heterocycles. The van der Waals surface area contributed by atoms with E-state index in [9.17, 15) is 0 Å². The van der Waals surface area contributed by atoms with Gasteiger partial charge in [0.15, 0.2) is 0 Å². The Balaban J connectivity index is 1.68. The number of hydrogen-bond donors (Lipinski definition) is 1. The van der Waals surface area contributed by atoms with Crippen molar-refractivity contribution in [1.29, 1.82) is 0 Å². The summed E-state index contributed by atoms with van der Waals surface area (Å²) in [6.07, 6.45) is 14.4. The summed E-state index contributed by atoms with van der Waals surface area (Å²) in [5.41, 5.74) is 4.94. The fourth-order valence-electron chi connectivity index (χ4n) is 3.99. The molecule has 2 aliphatic rings. The molecule has 1 N–H and O–H groups in total. The third-order valence-electron chi connectivity index (χ3n) is 5.81. The number of nitrogens with zero attached hydrogens (tertiary/aromatic N) is 2. The van der Waals surface area contributed by atoms with Gasteiger partial charge in [-0.15, -0.1) is 0 Å². The van der Waals surface area contributed by atoms with Gasteiger partial charge in [-0.2, -0.15) is 0 Å². The molecule has 2 atom stereocenters. The minimum atomic E-state index is 0.454. The van der Waals surface area contributed by atoms with Gasteiger partial charge in [-0.1, -0.05) is 29.8 Å². The van der Waals surface area contributed by atoms with Gasteiger partial charge in [-0.25, -0.2) is 4.98 Å². The molecule has 0 saturated carbocycles. The van der Waals surface area contributed by atoms with Crippen molar-refractivity contribution < 1.29 is 0 Å². The summed E-state index contributed by atoms with van der Waals surface area (Å²) in [4.78, 5) is 4.97.